The number of hydrogen-bond donors (Lipinski definition) is 3. The number of nitrogens with one attached hydrogen (secondary N) is 1. The van der Waals surface area contributed by atoms with Gasteiger partial charge in [-0.1, -0.05) is 0 Å². The average molecular weight is 249 g/mol. The molecular formula is C13H19N3O2. The summed E-state index contributed by atoms with van der Waals surface area (Å²) in [6, 6.07) is 5.40. The minimum absolute atomic E-state index is 0.192. The molecule has 2 rings (SSSR count). The van der Waals surface area contributed by atoms with E-state index in [0.717, 1.165) is 25.1 Å². The van der Waals surface area contributed by atoms with Crippen LogP contribution in [0.2, 0.25) is 0 Å². The Kier molecular flexibility index (Phi) is 3.72. The highest BCUT2D eigenvalue weighted by Crippen LogP contribution is 2.22. The number of amides is 1. The van der Waals surface area contributed by atoms with Crippen LogP contribution in [0.5, 0.6) is 0 Å². The number of rotatable bonds is 4. The summed E-state index contributed by atoms with van der Waals surface area (Å²) in [7, 11) is 0. The van der Waals surface area contributed by atoms with Gasteiger partial charge in [-0.2, -0.15) is 0 Å². The molecule has 5 heteroatoms. The quantitative estimate of drug-likeness (QED) is 0.702. The van der Waals surface area contributed by atoms with Crippen molar-refractivity contribution in [2.75, 3.05) is 17.7 Å². The van der Waals surface area contributed by atoms with Gasteiger partial charge in [0.2, 0.25) is 0 Å². The van der Waals surface area contributed by atoms with Crippen LogP contribution >= 0.6 is 0 Å². The Labute approximate surface area is 106 Å². The summed E-state index contributed by atoms with van der Waals surface area (Å²) >= 11 is 0. The van der Waals surface area contributed by atoms with Crippen LogP contribution in [0.25, 0.3) is 0 Å². The summed E-state index contributed by atoms with van der Waals surface area (Å²) in [5, 5.41) is 3.32. The first-order valence-corrected chi connectivity index (χ1v) is 6.15. The molecule has 2 unspecified atom stereocenters. The molecule has 1 aromatic rings. The molecule has 2 atom stereocenters. The number of nitrogens with two attached hydrogens (primary N) is 2. The molecule has 1 aliphatic heterocycles. The van der Waals surface area contributed by atoms with E-state index in [-0.39, 0.29) is 12.1 Å². The van der Waals surface area contributed by atoms with Gasteiger partial charge in [0.1, 0.15) is 0 Å². The standard InChI is InChI=1S/C13H19N3O2/c1-8(12-3-2-6-18-12)16-9-4-5-11(14)10(7-9)13(15)17/h4-5,7-8,12,16H,2-3,6,14H2,1H3,(H2,15,17). The maximum Gasteiger partial charge on any atom is 0.250 e. The monoisotopic (exact) mass is 249 g/mol. The van der Waals surface area contributed by atoms with Gasteiger partial charge >= 0.3 is 0 Å². The first-order valence-electron chi connectivity index (χ1n) is 6.15. The molecule has 0 bridgehead atoms. The normalized spacial score (nSPS) is 20.6. The van der Waals surface area contributed by atoms with Gasteiger partial charge in [0.25, 0.3) is 5.91 Å². The van der Waals surface area contributed by atoms with Gasteiger partial charge in [-0.3, -0.25) is 4.79 Å². The molecule has 98 valence electrons. The van der Waals surface area contributed by atoms with Crippen LogP contribution in [0.15, 0.2) is 18.2 Å². The van der Waals surface area contributed by atoms with E-state index < -0.39 is 5.91 Å². The maximum atomic E-state index is 11.2. The average Bonchev–Trinajstić information content (AvgIpc) is 2.85. The lowest BCUT2D eigenvalue weighted by Crippen LogP contribution is -2.30. The first-order chi connectivity index (χ1) is 8.58. The summed E-state index contributed by atoms with van der Waals surface area (Å²) in [6.45, 7) is 2.89. The van der Waals surface area contributed by atoms with Gasteiger partial charge in [-0.15, -0.1) is 0 Å². The van der Waals surface area contributed by atoms with Gasteiger partial charge in [-0.25, -0.2) is 0 Å². The Bertz CT molecular complexity index is 442. The van der Waals surface area contributed by atoms with Gasteiger partial charge in [0, 0.05) is 24.0 Å². The number of primary amides is 1. The van der Waals surface area contributed by atoms with Crippen molar-refractivity contribution in [3.05, 3.63) is 23.8 Å². The van der Waals surface area contributed by atoms with E-state index in [0.29, 0.717) is 11.3 Å². The van der Waals surface area contributed by atoms with Gasteiger partial charge < -0.3 is 21.5 Å². The molecule has 1 aliphatic rings. The number of anilines is 2. The zero-order valence-corrected chi connectivity index (χ0v) is 10.5. The van der Waals surface area contributed by atoms with Gasteiger partial charge in [0.05, 0.1) is 11.7 Å². The minimum atomic E-state index is -0.513. The molecule has 1 amide bonds. The molecule has 0 radical (unpaired) electrons. The lowest BCUT2D eigenvalue weighted by atomic mass is 10.1. The Morgan fingerprint density at radius 3 is 2.94 bits per heavy atom. The van der Waals surface area contributed by atoms with E-state index in [1.807, 2.05) is 6.07 Å². The number of benzene rings is 1. The molecule has 1 fully saturated rings. The highest BCUT2D eigenvalue weighted by Gasteiger charge is 2.22. The van der Waals surface area contributed by atoms with Crippen LogP contribution in [0.1, 0.15) is 30.1 Å². The summed E-state index contributed by atoms with van der Waals surface area (Å²) in [6.07, 6.45) is 2.39. The molecule has 0 aliphatic carbocycles. The summed E-state index contributed by atoms with van der Waals surface area (Å²) in [5.41, 5.74) is 12.5. The van der Waals surface area contributed by atoms with Crippen molar-refractivity contribution in [1.82, 2.24) is 0 Å². The summed E-state index contributed by atoms with van der Waals surface area (Å²) < 4.78 is 5.61. The SMILES string of the molecule is CC(Nc1ccc(N)c(C(N)=O)c1)C1CCCO1. The van der Waals surface area contributed by atoms with Crippen LogP contribution in [0, 0.1) is 0 Å². The number of hydrogen-bond acceptors (Lipinski definition) is 4. The molecule has 1 saturated heterocycles. The maximum absolute atomic E-state index is 11.2. The molecule has 5 N–H and O–H groups in total. The van der Waals surface area contributed by atoms with Crippen molar-refractivity contribution in [2.45, 2.75) is 31.9 Å². The predicted molar refractivity (Wildman–Crippen MR) is 71.4 cm³/mol. The van der Waals surface area contributed by atoms with Crippen molar-refractivity contribution in [2.24, 2.45) is 5.73 Å². The smallest absolute Gasteiger partial charge is 0.250 e. The molecule has 1 aromatic carbocycles. The molecule has 0 saturated carbocycles. The number of nitrogen functional groups attached to an aromatic ring is 1. The van der Waals surface area contributed by atoms with E-state index in [1.54, 1.807) is 12.1 Å². The highest BCUT2D eigenvalue weighted by atomic mass is 16.5. The predicted octanol–water partition coefficient (Wildman–Crippen LogP) is 1.35. The topological polar surface area (TPSA) is 90.4 Å². The number of ether oxygens (including phenoxy) is 1. The van der Waals surface area contributed by atoms with E-state index in [9.17, 15) is 4.79 Å². The van der Waals surface area contributed by atoms with Crippen LogP contribution in [0.3, 0.4) is 0 Å². The third kappa shape index (κ3) is 2.73. The van der Waals surface area contributed by atoms with Crippen LogP contribution in [-0.2, 0) is 4.74 Å². The van der Waals surface area contributed by atoms with Crippen LogP contribution in [-0.4, -0.2) is 24.7 Å². The molecular weight excluding hydrogens is 230 g/mol. The fourth-order valence-corrected chi connectivity index (χ4v) is 2.21. The largest absolute Gasteiger partial charge is 0.398 e. The molecule has 5 nitrogen and oxygen atoms in total. The fraction of sp³-hybridized carbons (Fsp3) is 0.462. The summed E-state index contributed by atoms with van der Waals surface area (Å²) in [5.74, 6) is -0.513. The van der Waals surface area contributed by atoms with Crippen LogP contribution < -0.4 is 16.8 Å². The van der Waals surface area contributed by atoms with E-state index >= 15 is 0 Å². The highest BCUT2D eigenvalue weighted by molar-refractivity contribution is 5.98. The molecule has 0 spiro atoms. The van der Waals surface area contributed by atoms with Crippen molar-refractivity contribution in [3.8, 4) is 0 Å². The molecule has 1 heterocycles. The zero-order valence-electron chi connectivity index (χ0n) is 10.5. The van der Waals surface area contributed by atoms with E-state index in [2.05, 4.69) is 12.2 Å². The molecule has 18 heavy (non-hydrogen) atoms. The number of carbonyl (C=O) groups excluding carboxylic acids is 1. The first kappa shape index (κ1) is 12.7. The van der Waals surface area contributed by atoms with Gasteiger partial charge in [0.15, 0.2) is 0 Å². The minimum Gasteiger partial charge on any atom is -0.398 e. The van der Waals surface area contributed by atoms with E-state index in [4.69, 9.17) is 16.2 Å². The lowest BCUT2D eigenvalue weighted by Gasteiger charge is -2.21. The number of carbonyl (C=O) groups is 1. The Morgan fingerprint density at radius 1 is 1.56 bits per heavy atom. The second-order valence-corrected chi connectivity index (χ2v) is 4.65. The van der Waals surface area contributed by atoms with Crippen LogP contribution in [0.4, 0.5) is 11.4 Å². The fourth-order valence-electron chi connectivity index (χ4n) is 2.21. The van der Waals surface area contributed by atoms with Gasteiger partial charge in [-0.05, 0) is 38.0 Å². The lowest BCUT2D eigenvalue weighted by molar-refractivity contribution is 0.0996. The van der Waals surface area contributed by atoms with Crippen molar-refractivity contribution >= 4 is 17.3 Å². The zero-order chi connectivity index (χ0) is 13.1. The Balaban J connectivity index is 2.09. The third-order valence-electron chi connectivity index (χ3n) is 3.24. The van der Waals surface area contributed by atoms with Crippen molar-refractivity contribution in [3.63, 3.8) is 0 Å². The Hall–Kier alpha value is -1.75. The van der Waals surface area contributed by atoms with E-state index in [1.165, 1.54) is 0 Å². The third-order valence-corrected chi connectivity index (χ3v) is 3.24. The Morgan fingerprint density at radius 2 is 2.33 bits per heavy atom. The van der Waals surface area contributed by atoms with Crippen molar-refractivity contribution < 1.29 is 9.53 Å². The molecule has 0 aromatic heterocycles. The summed E-state index contributed by atoms with van der Waals surface area (Å²) in [4.78, 5) is 11.2. The second kappa shape index (κ2) is 5.27. The van der Waals surface area contributed by atoms with Crippen molar-refractivity contribution in [1.29, 1.82) is 0 Å². The second-order valence-electron chi connectivity index (χ2n) is 4.65.